The Balaban J connectivity index is 1.38. The number of nitrogens with zero attached hydrogens (tertiary/aromatic N) is 4. The van der Waals surface area contributed by atoms with Crippen LogP contribution in [0.15, 0.2) is 155 Å². The first-order valence-corrected chi connectivity index (χ1v) is 15.0. The van der Waals surface area contributed by atoms with E-state index in [1.165, 1.54) is 16.3 Å². The molecule has 0 saturated carbocycles. The Morgan fingerprint density at radius 2 is 1.41 bits per heavy atom. The van der Waals surface area contributed by atoms with Crippen LogP contribution in [0.2, 0.25) is 0 Å². The van der Waals surface area contributed by atoms with E-state index in [9.17, 15) is 5.26 Å². The topological polar surface area (TPSA) is 51.8 Å². The monoisotopic (exact) mass is 568 g/mol. The summed E-state index contributed by atoms with van der Waals surface area (Å²) < 4.78 is 0. The van der Waals surface area contributed by atoms with Crippen molar-refractivity contribution in [1.29, 1.82) is 5.26 Å². The predicted molar refractivity (Wildman–Crippen MR) is 181 cm³/mol. The largest absolute Gasteiger partial charge is 0.333 e. The average Bonchev–Trinajstić information content (AvgIpc) is 3.09. The van der Waals surface area contributed by atoms with Gasteiger partial charge in [0.25, 0.3) is 0 Å². The predicted octanol–water partition coefficient (Wildman–Crippen LogP) is 9.08. The summed E-state index contributed by atoms with van der Waals surface area (Å²) >= 11 is 0. The molecule has 2 aliphatic rings. The minimum absolute atomic E-state index is 0.143. The first-order valence-electron chi connectivity index (χ1n) is 15.0. The molecule has 5 aromatic carbocycles. The fourth-order valence-corrected chi connectivity index (χ4v) is 6.41. The normalized spacial score (nSPS) is 19.6. The molecule has 44 heavy (non-hydrogen) atoms. The highest BCUT2D eigenvalue weighted by molar-refractivity contribution is 6.13. The van der Waals surface area contributed by atoms with Crippen molar-refractivity contribution in [2.24, 2.45) is 15.9 Å². The van der Waals surface area contributed by atoms with Crippen LogP contribution in [0.4, 0.5) is 0 Å². The van der Waals surface area contributed by atoms with Crippen molar-refractivity contribution in [1.82, 2.24) is 4.90 Å². The molecule has 0 radical (unpaired) electrons. The van der Waals surface area contributed by atoms with Gasteiger partial charge in [0.15, 0.2) is 12.0 Å². The summed E-state index contributed by atoms with van der Waals surface area (Å²) in [5.74, 6) is 1.93. The van der Waals surface area contributed by atoms with Gasteiger partial charge in [-0.25, -0.2) is 9.98 Å². The SMILES string of the molecule is CC1C(C#N)=CC=CC1c1ccc(-c2ccc3ccccc3c2C2N=C(c3ccccc3)N=C(c3ccccc3)N2C)cc1. The first-order chi connectivity index (χ1) is 21.6. The Morgan fingerprint density at radius 3 is 2.14 bits per heavy atom. The summed E-state index contributed by atoms with van der Waals surface area (Å²) in [6.07, 6.45) is 5.83. The van der Waals surface area contributed by atoms with Gasteiger partial charge in [-0.05, 0) is 33.5 Å². The third kappa shape index (κ3) is 4.93. The highest BCUT2D eigenvalue weighted by Crippen LogP contribution is 2.41. The van der Waals surface area contributed by atoms with Crippen LogP contribution in [0.3, 0.4) is 0 Å². The van der Waals surface area contributed by atoms with Gasteiger partial charge in [0.1, 0.15) is 5.84 Å². The molecule has 0 saturated heterocycles. The highest BCUT2D eigenvalue weighted by atomic mass is 15.3. The minimum Gasteiger partial charge on any atom is -0.333 e. The lowest BCUT2D eigenvalue weighted by Gasteiger charge is -2.34. The van der Waals surface area contributed by atoms with E-state index in [0.717, 1.165) is 45.1 Å². The minimum atomic E-state index is -0.302. The fourth-order valence-electron chi connectivity index (χ4n) is 6.41. The van der Waals surface area contributed by atoms with Crippen molar-refractivity contribution in [2.45, 2.75) is 19.0 Å². The molecule has 7 rings (SSSR count). The molecule has 1 aliphatic heterocycles. The number of hydrogen-bond acceptors (Lipinski definition) is 4. The lowest BCUT2D eigenvalue weighted by molar-refractivity contribution is 0.386. The Bertz CT molecular complexity index is 1990. The van der Waals surface area contributed by atoms with Crippen LogP contribution in [0.1, 0.15) is 41.3 Å². The molecular formula is C40H32N4. The van der Waals surface area contributed by atoms with E-state index in [1.807, 2.05) is 36.4 Å². The number of rotatable bonds is 5. The summed E-state index contributed by atoms with van der Waals surface area (Å²) in [4.78, 5) is 12.6. The van der Waals surface area contributed by atoms with Crippen LogP contribution in [-0.2, 0) is 0 Å². The molecule has 0 amide bonds. The second-order valence-electron chi connectivity index (χ2n) is 11.4. The number of amidine groups is 2. The number of nitriles is 1. The molecule has 0 spiro atoms. The van der Waals surface area contributed by atoms with E-state index in [4.69, 9.17) is 9.98 Å². The van der Waals surface area contributed by atoms with E-state index in [1.54, 1.807) is 0 Å². The molecule has 0 N–H and O–H groups in total. The Labute approximate surface area is 258 Å². The number of allylic oxidation sites excluding steroid dienone is 4. The zero-order chi connectivity index (χ0) is 30.0. The van der Waals surface area contributed by atoms with Gasteiger partial charge in [0.2, 0.25) is 0 Å². The van der Waals surface area contributed by atoms with E-state index < -0.39 is 0 Å². The maximum atomic E-state index is 9.59. The number of hydrogen-bond donors (Lipinski definition) is 0. The maximum Gasteiger partial charge on any atom is 0.159 e. The van der Waals surface area contributed by atoms with Gasteiger partial charge in [0, 0.05) is 41.1 Å². The number of benzene rings is 5. The van der Waals surface area contributed by atoms with Crippen LogP contribution >= 0.6 is 0 Å². The molecule has 3 unspecified atom stereocenters. The molecule has 0 fully saturated rings. The second kappa shape index (κ2) is 11.6. The Kier molecular flexibility index (Phi) is 7.22. The highest BCUT2D eigenvalue weighted by Gasteiger charge is 2.30. The fraction of sp³-hybridized carbons (Fsp3) is 0.125. The van der Waals surface area contributed by atoms with Crippen molar-refractivity contribution in [3.63, 3.8) is 0 Å². The van der Waals surface area contributed by atoms with E-state index >= 15 is 0 Å². The van der Waals surface area contributed by atoms with Crippen LogP contribution in [0.5, 0.6) is 0 Å². The van der Waals surface area contributed by atoms with Crippen LogP contribution in [0, 0.1) is 17.2 Å². The van der Waals surface area contributed by atoms with Gasteiger partial charge in [-0.2, -0.15) is 5.26 Å². The summed E-state index contributed by atoms with van der Waals surface area (Å²) in [5, 5.41) is 11.9. The van der Waals surface area contributed by atoms with Crippen molar-refractivity contribution in [2.75, 3.05) is 7.05 Å². The first kappa shape index (κ1) is 27.3. The van der Waals surface area contributed by atoms with Gasteiger partial charge < -0.3 is 4.90 Å². The summed E-state index contributed by atoms with van der Waals surface area (Å²) in [6.45, 7) is 2.13. The van der Waals surface area contributed by atoms with Gasteiger partial charge in [-0.1, -0.05) is 140 Å². The molecule has 0 aromatic heterocycles. The molecule has 1 aliphatic carbocycles. The summed E-state index contributed by atoms with van der Waals surface area (Å²) in [5.41, 5.74) is 7.49. The van der Waals surface area contributed by atoms with Gasteiger partial charge >= 0.3 is 0 Å². The summed E-state index contributed by atoms with van der Waals surface area (Å²) in [6, 6.07) is 44.8. The Hall–Kier alpha value is -5.53. The zero-order valence-corrected chi connectivity index (χ0v) is 24.8. The zero-order valence-electron chi connectivity index (χ0n) is 24.8. The Morgan fingerprint density at radius 1 is 0.727 bits per heavy atom. The van der Waals surface area contributed by atoms with Crippen LogP contribution in [0.25, 0.3) is 21.9 Å². The number of fused-ring (bicyclic) bond motifs is 1. The van der Waals surface area contributed by atoms with Crippen molar-refractivity contribution >= 4 is 22.4 Å². The molecule has 5 aromatic rings. The lowest BCUT2D eigenvalue weighted by Crippen LogP contribution is -2.36. The average molecular weight is 569 g/mol. The molecular weight excluding hydrogens is 536 g/mol. The standard InChI is InChI=1S/C40H32N4/c1-27-33(26-41)17-11-19-34(27)29-20-22-30(23-21-29)36-25-24-28-12-9-10-18-35(28)37(36)40-43-38(31-13-5-3-6-14-31)42-39(44(40)2)32-15-7-4-8-16-32/h3-25,27,34,40H,1-2H3. The third-order valence-corrected chi connectivity index (χ3v) is 8.81. The van der Waals surface area contributed by atoms with Crippen molar-refractivity contribution in [3.8, 4) is 17.2 Å². The van der Waals surface area contributed by atoms with Crippen molar-refractivity contribution < 1.29 is 0 Å². The molecule has 1 heterocycles. The van der Waals surface area contributed by atoms with Crippen LogP contribution in [-0.4, -0.2) is 23.6 Å². The van der Waals surface area contributed by atoms with E-state index in [-0.39, 0.29) is 18.0 Å². The number of aliphatic imine (C=N–C) groups is 2. The molecule has 0 bridgehead atoms. The quantitative estimate of drug-likeness (QED) is 0.212. The smallest absolute Gasteiger partial charge is 0.159 e. The summed E-state index contributed by atoms with van der Waals surface area (Å²) in [7, 11) is 2.09. The van der Waals surface area contributed by atoms with Gasteiger partial charge in [-0.3, -0.25) is 0 Å². The maximum absolute atomic E-state index is 9.59. The molecule has 3 atom stereocenters. The van der Waals surface area contributed by atoms with Crippen molar-refractivity contribution in [3.05, 3.63) is 167 Å². The molecule has 4 nitrogen and oxygen atoms in total. The second-order valence-corrected chi connectivity index (χ2v) is 11.4. The van der Waals surface area contributed by atoms with Crippen LogP contribution < -0.4 is 0 Å². The van der Waals surface area contributed by atoms with E-state index in [0.29, 0.717) is 0 Å². The van der Waals surface area contributed by atoms with E-state index in [2.05, 4.69) is 128 Å². The molecule has 4 heteroatoms. The molecule has 212 valence electrons. The van der Waals surface area contributed by atoms with Gasteiger partial charge in [-0.15, -0.1) is 0 Å². The lowest BCUT2D eigenvalue weighted by atomic mass is 9.79. The van der Waals surface area contributed by atoms with Gasteiger partial charge in [0.05, 0.1) is 6.07 Å². The third-order valence-electron chi connectivity index (χ3n) is 8.81.